The molecule has 116 valence electrons. The van der Waals surface area contributed by atoms with Gasteiger partial charge in [-0.2, -0.15) is 0 Å². The number of ether oxygens (including phenoxy) is 1. The van der Waals surface area contributed by atoms with Gasteiger partial charge in [-0.05, 0) is 30.3 Å². The highest BCUT2D eigenvalue weighted by Crippen LogP contribution is 2.30. The van der Waals surface area contributed by atoms with Crippen molar-refractivity contribution in [1.29, 1.82) is 0 Å². The summed E-state index contributed by atoms with van der Waals surface area (Å²) in [6, 6.07) is 9.61. The van der Waals surface area contributed by atoms with E-state index in [-0.39, 0.29) is 22.5 Å². The Kier molecular flexibility index (Phi) is 4.46. The highest BCUT2D eigenvalue weighted by molar-refractivity contribution is 6.31. The van der Waals surface area contributed by atoms with E-state index in [1.54, 1.807) is 0 Å². The lowest BCUT2D eigenvalue weighted by Crippen LogP contribution is -2.19. The number of anilines is 1. The van der Waals surface area contributed by atoms with Crippen molar-refractivity contribution in [3.8, 4) is 5.75 Å². The van der Waals surface area contributed by atoms with Gasteiger partial charge < -0.3 is 15.7 Å². The first kappa shape index (κ1) is 16.0. The molecule has 0 aromatic heterocycles. The fourth-order valence-electron chi connectivity index (χ4n) is 1.86. The first-order chi connectivity index (χ1) is 10.3. The number of benzene rings is 2. The summed E-state index contributed by atoms with van der Waals surface area (Å²) in [6.45, 7) is 0. The molecule has 3 N–H and O–H groups in total. The summed E-state index contributed by atoms with van der Waals surface area (Å²) in [4.78, 5) is 0. The van der Waals surface area contributed by atoms with Crippen LogP contribution < -0.4 is 10.5 Å². The van der Waals surface area contributed by atoms with Crippen molar-refractivity contribution in [2.24, 2.45) is 5.16 Å². The summed E-state index contributed by atoms with van der Waals surface area (Å²) in [5.41, 5.74) is 5.90. The minimum Gasteiger partial charge on any atom is -0.410 e. The first-order valence-electron chi connectivity index (χ1n) is 5.94. The predicted octanol–water partition coefficient (Wildman–Crippen LogP) is 4.05. The molecule has 0 saturated heterocycles. The summed E-state index contributed by atoms with van der Waals surface area (Å²) in [5, 5.41) is 12.6. The van der Waals surface area contributed by atoms with Crippen LogP contribution in [0.1, 0.15) is 11.1 Å². The second-order valence-corrected chi connectivity index (χ2v) is 4.66. The Labute approximate surface area is 128 Å². The van der Waals surface area contributed by atoms with Gasteiger partial charge in [0.25, 0.3) is 0 Å². The maximum atomic E-state index is 12.5. The molecule has 22 heavy (non-hydrogen) atoms. The fourth-order valence-corrected chi connectivity index (χ4v) is 2.03. The molecule has 0 unspecified atom stereocenters. The predicted molar refractivity (Wildman–Crippen MR) is 76.4 cm³/mol. The van der Waals surface area contributed by atoms with Crippen LogP contribution >= 0.6 is 11.6 Å². The van der Waals surface area contributed by atoms with Gasteiger partial charge in [0, 0.05) is 21.8 Å². The van der Waals surface area contributed by atoms with Gasteiger partial charge in [0.1, 0.15) is 11.5 Å². The van der Waals surface area contributed by atoms with E-state index in [0.29, 0.717) is 5.02 Å². The standard InChI is InChI=1S/C14H10ClF3N2O2/c15-8-5-6-11(19)10(7-8)13(20-21)9-3-1-2-4-12(9)22-14(16,17)18/h1-7,21H,19H2/b20-13-. The van der Waals surface area contributed by atoms with Crippen molar-refractivity contribution in [2.45, 2.75) is 6.36 Å². The Morgan fingerprint density at radius 1 is 1.14 bits per heavy atom. The van der Waals surface area contributed by atoms with Crippen LogP contribution in [0, 0.1) is 0 Å². The van der Waals surface area contributed by atoms with Gasteiger partial charge >= 0.3 is 6.36 Å². The summed E-state index contributed by atoms with van der Waals surface area (Å²) < 4.78 is 41.3. The normalized spacial score (nSPS) is 12.3. The molecular weight excluding hydrogens is 321 g/mol. The minimum absolute atomic E-state index is 0.0729. The van der Waals surface area contributed by atoms with E-state index in [9.17, 15) is 18.4 Å². The molecule has 8 heteroatoms. The average Bonchev–Trinajstić information content (AvgIpc) is 2.43. The van der Waals surface area contributed by atoms with E-state index in [0.717, 1.165) is 6.07 Å². The third-order valence-electron chi connectivity index (χ3n) is 2.74. The monoisotopic (exact) mass is 330 g/mol. The number of nitrogens with zero attached hydrogens (tertiary/aromatic N) is 1. The van der Waals surface area contributed by atoms with Crippen LogP contribution in [0.2, 0.25) is 5.02 Å². The molecule has 0 atom stereocenters. The molecule has 0 amide bonds. The fraction of sp³-hybridized carbons (Fsp3) is 0.0714. The van der Waals surface area contributed by atoms with Crippen LogP contribution in [0.3, 0.4) is 0 Å². The van der Waals surface area contributed by atoms with Gasteiger partial charge in [0.05, 0.1) is 0 Å². The number of halogens is 4. The van der Waals surface area contributed by atoms with Crippen LogP contribution in [0.25, 0.3) is 0 Å². The molecule has 0 bridgehead atoms. The lowest BCUT2D eigenvalue weighted by Gasteiger charge is -2.15. The van der Waals surface area contributed by atoms with Gasteiger partial charge in [0.2, 0.25) is 0 Å². The van der Waals surface area contributed by atoms with Crippen molar-refractivity contribution in [1.82, 2.24) is 0 Å². The lowest BCUT2D eigenvalue weighted by molar-refractivity contribution is -0.274. The zero-order valence-electron chi connectivity index (χ0n) is 10.9. The zero-order valence-corrected chi connectivity index (χ0v) is 11.7. The van der Waals surface area contributed by atoms with E-state index in [4.69, 9.17) is 17.3 Å². The molecule has 0 radical (unpaired) electrons. The van der Waals surface area contributed by atoms with Crippen LogP contribution in [-0.2, 0) is 0 Å². The smallest absolute Gasteiger partial charge is 0.410 e. The summed E-state index contributed by atoms with van der Waals surface area (Å²) in [5.74, 6) is -0.512. The summed E-state index contributed by atoms with van der Waals surface area (Å²) in [7, 11) is 0. The van der Waals surface area contributed by atoms with Crippen molar-refractivity contribution >= 4 is 23.0 Å². The maximum Gasteiger partial charge on any atom is 0.573 e. The molecule has 2 rings (SSSR count). The van der Waals surface area contributed by atoms with Gasteiger partial charge in [-0.15, -0.1) is 13.2 Å². The molecule has 0 spiro atoms. The van der Waals surface area contributed by atoms with Gasteiger partial charge in [0.15, 0.2) is 0 Å². The number of hydrogen-bond donors (Lipinski definition) is 2. The molecule has 2 aromatic rings. The van der Waals surface area contributed by atoms with Gasteiger partial charge in [-0.1, -0.05) is 28.9 Å². The van der Waals surface area contributed by atoms with Crippen molar-refractivity contribution in [2.75, 3.05) is 5.73 Å². The Hall–Kier alpha value is -2.41. The quantitative estimate of drug-likeness (QED) is 0.386. The second kappa shape index (κ2) is 6.15. The summed E-state index contributed by atoms with van der Waals surface area (Å²) in [6.07, 6.45) is -4.88. The van der Waals surface area contributed by atoms with Crippen LogP contribution in [-0.4, -0.2) is 17.3 Å². The van der Waals surface area contributed by atoms with E-state index in [1.807, 2.05) is 0 Å². The van der Waals surface area contributed by atoms with Crippen molar-refractivity contribution in [3.63, 3.8) is 0 Å². The van der Waals surface area contributed by atoms with Crippen LogP contribution in [0.15, 0.2) is 47.6 Å². The van der Waals surface area contributed by atoms with Crippen LogP contribution in [0.4, 0.5) is 18.9 Å². The number of para-hydroxylation sites is 1. The Morgan fingerprint density at radius 3 is 2.45 bits per heavy atom. The number of hydrogen-bond acceptors (Lipinski definition) is 4. The summed E-state index contributed by atoms with van der Waals surface area (Å²) >= 11 is 5.85. The third-order valence-corrected chi connectivity index (χ3v) is 2.97. The zero-order chi connectivity index (χ0) is 16.3. The molecule has 0 aliphatic heterocycles. The molecule has 0 fully saturated rings. The average molecular weight is 331 g/mol. The first-order valence-corrected chi connectivity index (χ1v) is 6.32. The second-order valence-electron chi connectivity index (χ2n) is 4.22. The lowest BCUT2D eigenvalue weighted by atomic mass is 10.00. The van der Waals surface area contributed by atoms with E-state index >= 15 is 0 Å². The number of oxime groups is 1. The number of alkyl halides is 3. The largest absolute Gasteiger partial charge is 0.573 e. The Balaban J connectivity index is 2.56. The van der Waals surface area contributed by atoms with Crippen LogP contribution in [0.5, 0.6) is 5.75 Å². The SMILES string of the molecule is Nc1ccc(Cl)cc1/C(=N\O)c1ccccc1OC(F)(F)F. The Bertz CT molecular complexity index is 717. The topological polar surface area (TPSA) is 67.8 Å². The van der Waals surface area contributed by atoms with Gasteiger partial charge in [-0.25, -0.2) is 0 Å². The van der Waals surface area contributed by atoms with E-state index in [2.05, 4.69) is 9.89 Å². The molecular formula is C14H10ClF3N2O2. The molecule has 0 aliphatic rings. The molecule has 4 nitrogen and oxygen atoms in total. The molecule has 0 heterocycles. The van der Waals surface area contributed by atoms with Crippen molar-refractivity contribution in [3.05, 3.63) is 58.6 Å². The highest BCUT2D eigenvalue weighted by atomic mass is 35.5. The number of nitrogens with two attached hydrogens (primary N) is 1. The van der Waals surface area contributed by atoms with E-state index < -0.39 is 12.1 Å². The molecule has 0 aliphatic carbocycles. The molecule has 2 aromatic carbocycles. The number of rotatable bonds is 3. The molecule has 0 saturated carbocycles. The number of nitrogen functional groups attached to an aromatic ring is 1. The Morgan fingerprint density at radius 2 is 1.82 bits per heavy atom. The minimum atomic E-state index is -4.88. The van der Waals surface area contributed by atoms with Gasteiger partial charge in [-0.3, -0.25) is 0 Å². The third kappa shape index (κ3) is 3.62. The highest BCUT2D eigenvalue weighted by Gasteiger charge is 2.32. The maximum absolute atomic E-state index is 12.5. The van der Waals surface area contributed by atoms with Crippen molar-refractivity contribution < 1.29 is 23.1 Å². The van der Waals surface area contributed by atoms with E-state index in [1.165, 1.54) is 36.4 Å².